The second kappa shape index (κ2) is 6.47. The van der Waals surface area contributed by atoms with Crippen LogP contribution in [0.1, 0.15) is 5.69 Å². The summed E-state index contributed by atoms with van der Waals surface area (Å²) < 4.78 is 7.36. The SMILES string of the molecule is COc1cc(O)cc(-c2cc3nc(NCCN)c4ncc(C)n4c3s2)c1. The van der Waals surface area contributed by atoms with E-state index >= 15 is 0 Å². The number of hydrogen-bond donors (Lipinski definition) is 3. The number of nitrogens with zero attached hydrogens (tertiary/aromatic N) is 3. The number of anilines is 1. The van der Waals surface area contributed by atoms with Gasteiger partial charge in [0.15, 0.2) is 11.5 Å². The van der Waals surface area contributed by atoms with Gasteiger partial charge in [0.05, 0.1) is 7.11 Å². The molecule has 0 saturated carbocycles. The van der Waals surface area contributed by atoms with Gasteiger partial charge in [0.25, 0.3) is 0 Å². The van der Waals surface area contributed by atoms with E-state index in [1.807, 2.05) is 25.3 Å². The summed E-state index contributed by atoms with van der Waals surface area (Å²) in [6, 6.07) is 7.22. The number of thiophene rings is 1. The zero-order valence-corrected chi connectivity index (χ0v) is 15.3. The fraction of sp³-hybridized carbons (Fsp3) is 0.222. The predicted molar refractivity (Wildman–Crippen MR) is 104 cm³/mol. The van der Waals surface area contributed by atoms with E-state index in [-0.39, 0.29) is 5.75 Å². The highest BCUT2D eigenvalue weighted by atomic mass is 32.1. The normalized spacial score (nSPS) is 11.3. The molecule has 0 aliphatic rings. The van der Waals surface area contributed by atoms with Gasteiger partial charge in [0.1, 0.15) is 21.8 Å². The molecule has 4 rings (SSSR count). The fourth-order valence-electron chi connectivity index (χ4n) is 2.94. The lowest BCUT2D eigenvalue weighted by Crippen LogP contribution is -2.14. The summed E-state index contributed by atoms with van der Waals surface area (Å²) >= 11 is 1.60. The number of rotatable bonds is 5. The third-order valence-electron chi connectivity index (χ3n) is 4.13. The van der Waals surface area contributed by atoms with Crippen molar-refractivity contribution in [3.63, 3.8) is 0 Å². The van der Waals surface area contributed by atoms with E-state index in [1.165, 1.54) is 0 Å². The number of nitrogens with two attached hydrogens (primary N) is 1. The zero-order chi connectivity index (χ0) is 18.3. The van der Waals surface area contributed by atoms with Crippen molar-refractivity contribution in [3.05, 3.63) is 36.2 Å². The molecule has 4 aromatic rings. The molecule has 4 N–H and O–H groups in total. The molecule has 0 spiro atoms. The molecular formula is C18H19N5O2S. The summed E-state index contributed by atoms with van der Waals surface area (Å²) in [5.74, 6) is 1.49. The molecular weight excluding hydrogens is 350 g/mol. The molecule has 0 fully saturated rings. The number of ether oxygens (including phenoxy) is 1. The van der Waals surface area contributed by atoms with Crippen LogP contribution in [0.4, 0.5) is 5.82 Å². The summed E-state index contributed by atoms with van der Waals surface area (Å²) in [6.45, 7) is 3.16. The first kappa shape index (κ1) is 16.6. The Morgan fingerprint density at radius 3 is 2.92 bits per heavy atom. The van der Waals surface area contributed by atoms with E-state index in [0.717, 1.165) is 32.1 Å². The largest absolute Gasteiger partial charge is 0.508 e. The van der Waals surface area contributed by atoms with Gasteiger partial charge in [-0.05, 0) is 30.7 Å². The Morgan fingerprint density at radius 1 is 1.31 bits per heavy atom. The molecule has 3 heterocycles. The van der Waals surface area contributed by atoms with Crippen LogP contribution in [0.15, 0.2) is 30.5 Å². The third-order valence-corrected chi connectivity index (χ3v) is 5.29. The van der Waals surface area contributed by atoms with Crippen molar-refractivity contribution >= 4 is 33.1 Å². The summed E-state index contributed by atoms with van der Waals surface area (Å²) in [4.78, 5) is 11.2. The summed E-state index contributed by atoms with van der Waals surface area (Å²) in [5.41, 5.74) is 9.17. The lowest BCUT2D eigenvalue weighted by molar-refractivity contribution is 0.408. The zero-order valence-electron chi connectivity index (χ0n) is 14.5. The van der Waals surface area contributed by atoms with E-state index in [1.54, 1.807) is 30.6 Å². The van der Waals surface area contributed by atoms with Gasteiger partial charge in [0, 0.05) is 35.9 Å². The van der Waals surface area contributed by atoms with Crippen LogP contribution in [-0.4, -0.2) is 39.7 Å². The molecule has 7 nitrogen and oxygen atoms in total. The van der Waals surface area contributed by atoms with Crippen LogP contribution in [-0.2, 0) is 0 Å². The van der Waals surface area contributed by atoms with Crippen LogP contribution in [0.5, 0.6) is 11.5 Å². The average Bonchev–Trinajstić information content (AvgIpc) is 3.22. The van der Waals surface area contributed by atoms with Crippen molar-refractivity contribution in [1.29, 1.82) is 0 Å². The van der Waals surface area contributed by atoms with Crippen LogP contribution in [0, 0.1) is 6.92 Å². The summed E-state index contributed by atoms with van der Waals surface area (Å²) in [6.07, 6.45) is 1.83. The Morgan fingerprint density at radius 2 is 2.15 bits per heavy atom. The van der Waals surface area contributed by atoms with Crippen molar-refractivity contribution in [2.75, 3.05) is 25.5 Å². The molecule has 0 aliphatic carbocycles. The highest BCUT2D eigenvalue weighted by Gasteiger charge is 2.16. The Bertz CT molecular complexity index is 1100. The van der Waals surface area contributed by atoms with Gasteiger partial charge in [-0.3, -0.25) is 4.40 Å². The standard InChI is InChI=1S/C18H19N5O2S/c1-10-9-21-17-16(20-4-3-19)22-14-8-15(26-18(14)23(10)17)11-5-12(24)7-13(6-11)25-2/h5-9,24H,3-4,19H2,1-2H3,(H,20,22). The molecule has 0 aliphatic heterocycles. The molecule has 0 bridgehead atoms. The number of fused-ring (bicyclic) bond motifs is 3. The number of imidazole rings is 1. The molecule has 0 unspecified atom stereocenters. The highest BCUT2D eigenvalue weighted by Crippen LogP contribution is 2.37. The Hall–Kier alpha value is -2.84. The van der Waals surface area contributed by atoms with Gasteiger partial charge in [0.2, 0.25) is 0 Å². The number of methoxy groups -OCH3 is 1. The lowest BCUT2D eigenvalue weighted by Gasteiger charge is -2.07. The van der Waals surface area contributed by atoms with Crippen LogP contribution in [0.2, 0.25) is 0 Å². The number of nitrogens with one attached hydrogen (secondary N) is 1. The Kier molecular flexibility index (Phi) is 4.14. The van der Waals surface area contributed by atoms with Gasteiger partial charge < -0.3 is 20.9 Å². The van der Waals surface area contributed by atoms with Crippen molar-refractivity contribution < 1.29 is 9.84 Å². The number of benzene rings is 1. The minimum Gasteiger partial charge on any atom is -0.508 e. The van der Waals surface area contributed by atoms with E-state index in [2.05, 4.69) is 14.7 Å². The van der Waals surface area contributed by atoms with E-state index in [0.29, 0.717) is 24.7 Å². The highest BCUT2D eigenvalue weighted by molar-refractivity contribution is 7.21. The first-order valence-corrected chi connectivity index (χ1v) is 9.02. The number of hydrogen-bond acceptors (Lipinski definition) is 7. The van der Waals surface area contributed by atoms with Crippen molar-refractivity contribution in [3.8, 4) is 21.9 Å². The number of aromatic hydroxyl groups is 1. The van der Waals surface area contributed by atoms with E-state index in [9.17, 15) is 5.11 Å². The molecule has 0 saturated heterocycles. The average molecular weight is 369 g/mol. The van der Waals surface area contributed by atoms with Crippen LogP contribution < -0.4 is 15.8 Å². The summed E-state index contributed by atoms with van der Waals surface area (Å²) in [7, 11) is 1.58. The van der Waals surface area contributed by atoms with Crippen molar-refractivity contribution in [2.45, 2.75) is 6.92 Å². The van der Waals surface area contributed by atoms with Gasteiger partial charge in [-0.1, -0.05) is 0 Å². The minimum atomic E-state index is 0.166. The number of aryl methyl sites for hydroxylation is 1. The maximum atomic E-state index is 9.96. The second-order valence-corrected chi connectivity index (χ2v) is 6.99. The molecule has 0 radical (unpaired) electrons. The first-order chi connectivity index (χ1) is 12.6. The lowest BCUT2D eigenvalue weighted by atomic mass is 10.1. The van der Waals surface area contributed by atoms with Gasteiger partial charge in [-0.2, -0.15) is 0 Å². The number of aromatic nitrogens is 3. The first-order valence-electron chi connectivity index (χ1n) is 8.20. The molecule has 1 aromatic carbocycles. The monoisotopic (exact) mass is 369 g/mol. The summed E-state index contributed by atoms with van der Waals surface area (Å²) in [5, 5.41) is 13.2. The van der Waals surface area contributed by atoms with Crippen LogP contribution >= 0.6 is 11.3 Å². The maximum Gasteiger partial charge on any atom is 0.181 e. The number of phenols is 1. The smallest absolute Gasteiger partial charge is 0.181 e. The Balaban J connectivity index is 1.93. The molecule has 134 valence electrons. The van der Waals surface area contributed by atoms with Crippen molar-refractivity contribution in [2.24, 2.45) is 5.73 Å². The molecule has 3 aromatic heterocycles. The minimum absolute atomic E-state index is 0.166. The third kappa shape index (κ3) is 2.73. The quantitative estimate of drug-likeness (QED) is 0.500. The fourth-order valence-corrected chi connectivity index (χ4v) is 4.08. The van der Waals surface area contributed by atoms with Gasteiger partial charge in [-0.25, -0.2) is 9.97 Å². The van der Waals surface area contributed by atoms with Gasteiger partial charge in [-0.15, -0.1) is 11.3 Å². The number of phenolic OH excluding ortho intramolecular Hbond substituents is 1. The molecule has 8 heteroatoms. The molecule has 0 atom stereocenters. The Labute approximate surface area is 154 Å². The van der Waals surface area contributed by atoms with Gasteiger partial charge >= 0.3 is 0 Å². The topological polar surface area (TPSA) is 97.7 Å². The van der Waals surface area contributed by atoms with E-state index < -0.39 is 0 Å². The molecule has 0 amide bonds. The van der Waals surface area contributed by atoms with Crippen LogP contribution in [0.25, 0.3) is 26.4 Å². The molecule has 26 heavy (non-hydrogen) atoms. The predicted octanol–water partition coefficient (Wildman–Crippen LogP) is 3.00. The van der Waals surface area contributed by atoms with E-state index in [4.69, 9.17) is 15.5 Å². The van der Waals surface area contributed by atoms with Crippen molar-refractivity contribution in [1.82, 2.24) is 14.4 Å². The second-order valence-electron chi connectivity index (χ2n) is 5.96. The van der Waals surface area contributed by atoms with Crippen LogP contribution in [0.3, 0.4) is 0 Å². The maximum absolute atomic E-state index is 9.96.